The molecule has 17 heavy (non-hydrogen) atoms. The van der Waals surface area contributed by atoms with Gasteiger partial charge in [0.1, 0.15) is 4.88 Å². The average Bonchev–Trinajstić information content (AvgIpc) is 2.72. The molecule has 0 amide bonds. The molecule has 0 saturated carbocycles. The van der Waals surface area contributed by atoms with Crippen LogP contribution in [0.25, 0.3) is 10.1 Å². The summed E-state index contributed by atoms with van der Waals surface area (Å²) in [4.78, 5) is 12.0. The van der Waals surface area contributed by atoms with E-state index in [0.29, 0.717) is 22.3 Å². The summed E-state index contributed by atoms with van der Waals surface area (Å²) >= 11 is 1.28. The van der Waals surface area contributed by atoms with Crippen LogP contribution in [0, 0.1) is 0 Å². The maximum atomic E-state index is 11.6. The number of hydrogen-bond donors (Lipinski definition) is 2. The molecule has 0 saturated heterocycles. The van der Waals surface area contributed by atoms with Gasteiger partial charge in [0.2, 0.25) is 0 Å². The van der Waals surface area contributed by atoms with Crippen LogP contribution in [0.1, 0.15) is 16.6 Å². The molecule has 0 aliphatic rings. The van der Waals surface area contributed by atoms with Gasteiger partial charge in [0.15, 0.2) is 0 Å². The fourth-order valence-corrected chi connectivity index (χ4v) is 2.60. The third kappa shape index (κ3) is 2.33. The monoisotopic (exact) mass is 250 g/mol. The van der Waals surface area contributed by atoms with Gasteiger partial charge in [-0.1, -0.05) is 12.1 Å². The zero-order chi connectivity index (χ0) is 12.4. The molecule has 0 fully saturated rings. The average molecular weight is 250 g/mol. The van der Waals surface area contributed by atoms with E-state index in [9.17, 15) is 14.8 Å². The van der Waals surface area contributed by atoms with Crippen LogP contribution < -0.4 is 5.46 Å². The molecule has 1 heterocycles. The molecule has 0 atom stereocenters. The topological polar surface area (TPSA) is 66.8 Å². The molecule has 1 aromatic carbocycles. The summed E-state index contributed by atoms with van der Waals surface area (Å²) in [5, 5.41) is 19.1. The molecule has 2 aromatic rings. The van der Waals surface area contributed by atoms with E-state index < -0.39 is 7.12 Å². The summed E-state index contributed by atoms with van der Waals surface area (Å²) in [6, 6.07) is 6.80. The first-order valence-corrected chi connectivity index (χ1v) is 6.01. The number of carbonyl (C=O) groups is 1. The highest BCUT2D eigenvalue weighted by molar-refractivity contribution is 7.21. The molecule has 0 aliphatic heterocycles. The molecular formula is C11H11BO4S. The summed E-state index contributed by atoms with van der Waals surface area (Å²) in [6.45, 7) is 2.07. The molecule has 6 heteroatoms. The van der Waals surface area contributed by atoms with Gasteiger partial charge in [-0.15, -0.1) is 11.3 Å². The summed E-state index contributed by atoms with van der Waals surface area (Å²) < 4.78 is 5.74. The lowest BCUT2D eigenvalue weighted by atomic mass is 9.78. The Morgan fingerprint density at radius 3 is 2.88 bits per heavy atom. The quantitative estimate of drug-likeness (QED) is 0.623. The molecule has 4 nitrogen and oxygen atoms in total. The second kappa shape index (κ2) is 4.87. The van der Waals surface area contributed by atoms with E-state index in [0.717, 1.165) is 4.70 Å². The van der Waals surface area contributed by atoms with Crippen LogP contribution in [0.3, 0.4) is 0 Å². The Bertz CT molecular complexity index is 549. The number of ether oxygens (including phenoxy) is 1. The molecular weight excluding hydrogens is 239 g/mol. The smallest absolute Gasteiger partial charge is 0.462 e. The van der Waals surface area contributed by atoms with Crippen LogP contribution in [0.15, 0.2) is 24.3 Å². The third-order valence-electron chi connectivity index (χ3n) is 2.35. The van der Waals surface area contributed by atoms with E-state index in [1.807, 2.05) is 6.07 Å². The Labute approximate surface area is 103 Å². The number of hydrogen-bond acceptors (Lipinski definition) is 5. The van der Waals surface area contributed by atoms with Crippen molar-refractivity contribution in [2.75, 3.05) is 6.61 Å². The van der Waals surface area contributed by atoms with Crippen LogP contribution in [0.4, 0.5) is 0 Å². The zero-order valence-electron chi connectivity index (χ0n) is 9.21. The van der Waals surface area contributed by atoms with E-state index in [1.165, 1.54) is 11.3 Å². The summed E-state index contributed by atoms with van der Waals surface area (Å²) in [5.74, 6) is -0.382. The first-order chi connectivity index (χ1) is 8.13. The van der Waals surface area contributed by atoms with Crippen molar-refractivity contribution in [3.63, 3.8) is 0 Å². The second-order valence-electron chi connectivity index (χ2n) is 3.46. The molecule has 2 N–H and O–H groups in total. The maximum Gasteiger partial charge on any atom is 0.489 e. The van der Waals surface area contributed by atoms with Crippen molar-refractivity contribution in [3.8, 4) is 0 Å². The van der Waals surface area contributed by atoms with Gasteiger partial charge in [-0.2, -0.15) is 0 Å². The standard InChI is InChI=1S/C11H11BO4S/c1-2-16-11(13)10-6-7-8(12(14)15)4-3-5-9(7)17-10/h3-6,14-15H,2H2,1H3. The van der Waals surface area contributed by atoms with Crippen LogP contribution >= 0.6 is 11.3 Å². The van der Waals surface area contributed by atoms with Crippen molar-refractivity contribution in [2.45, 2.75) is 6.92 Å². The molecule has 2 rings (SSSR count). The van der Waals surface area contributed by atoms with Gasteiger partial charge in [-0.25, -0.2) is 4.79 Å². The SMILES string of the molecule is CCOC(=O)c1cc2c(B(O)O)cccc2s1. The van der Waals surface area contributed by atoms with Gasteiger partial charge in [0, 0.05) is 4.70 Å². The Balaban J connectivity index is 2.50. The van der Waals surface area contributed by atoms with Gasteiger partial charge in [0.25, 0.3) is 0 Å². The van der Waals surface area contributed by atoms with E-state index in [-0.39, 0.29) is 5.97 Å². The van der Waals surface area contributed by atoms with E-state index >= 15 is 0 Å². The molecule has 1 aromatic heterocycles. The molecule has 0 aliphatic carbocycles. The highest BCUT2D eigenvalue weighted by Crippen LogP contribution is 2.25. The van der Waals surface area contributed by atoms with Crippen molar-refractivity contribution < 1.29 is 19.6 Å². The number of benzene rings is 1. The van der Waals surface area contributed by atoms with Crippen molar-refractivity contribution in [1.82, 2.24) is 0 Å². The van der Waals surface area contributed by atoms with Crippen molar-refractivity contribution in [2.24, 2.45) is 0 Å². The van der Waals surface area contributed by atoms with Crippen LogP contribution in [0.2, 0.25) is 0 Å². The highest BCUT2D eigenvalue weighted by Gasteiger charge is 2.18. The van der Waals surface area contributed by atoms with Gasteiger partial charge in [-0.05, 0) is 29.9 Å². The minimum absolute atomic E-state index is 0.322. The predicted octanol–water partition coefficient (Wildman–Crippen LogP) is 0.758. The number of thiophene rings is 1. The summed E-state index contributed by atoms with van der Waals surface area (Å²) in [7, 11) is -1.54. The Hall–Kier alpha value is -1.37. The number of esters is 1. The number of rotatable bonds is 3. The van der Waals surface area contributed by atoms with Crippen molar-refractivity contribution >= 4 is 40.0 Å². The molecule has 88 valence electrons. The Kier molecular flexibility index (Phi) is 3.47. The molecule has 0 unspecified atom stereocenters. The maximum absolute atomic E-state index is 11.6. The second-order valence-corrected chi connectivity index (χ2v) is 4.55. The van der Waals surface area contributed by atoms with E-state index in [4.69, 9.17) is 4.74 Å². The number of carbonyl (C=O) groups excluding carboxylic acids is 1. The van der Waals surface area contributed by atoms with Gasteiger partial charge < -0.3 is 14.8 Å². The normalized spacial score (nSPS) is 10.5. The Morgan fingerprint density at radius 2 is 2.24 bits per heavy atom. The lowest BCUT2D eigenvalue weighted by Gasteiger charge is -1.99. The molecule has 0 bridgehead atoms. The van der Waals surface area contributed by atoms with Crippen molar-refractivity contribution in [3.05, 3.63) is 29.1 Å². The van der Waals surface area contributed by atoms with Gasteiger partial charge in [-0.3, -0.25) is 0 Å². The predicted molar refractivity (Wildman–Crippen MR) is 67.6 cm³/mol. The third-order valence-corrected chi connectivity index (χ3v) is 3.43. The lowest BCUT2D eigenvalue weighted by molar-refractivity contribution is 0.0532. The highest BCUT2D eigenvalue weighted by atomic mass is 32.1. The largest absolute Gasteiger partial charge is 0.489 e. The lowest BCUT2D eigenvalue weighted by Crippen LogP contribution is -2.29. The van der Waals surface area contributed by atoms with Crippen LogP contribution in [-0.2, 0) is 4.74 Å². The first kappa shape index (κ1) is 12.1. The summed E-state index contributed by atoms with van der Waals surface area (Å²) in [6.07, 6.45) is 0. The van der Waals surface area contributed by atoms with Gasteiger partial charge in [0.05, 0.1) is 6.61 Å². The van der Waals surface area contributed by atoms with E-state index in [2.05, 4.69) is 0 Å². The molecule has 0 spiro atoms. The fraction of sp³-hybridized carbons (Fsp3) is 0.182. The van der Waals surface area contributed by atoms with Crippen molar-refractivity contribution in [1.29, 1.82) is 0 Å². The van der Waals surface area contributed by atoms with E-state index in [1.54, 1.807) is 25.1 Å². The van der Waals surface area contributed by atoms with Crippen LogP contribution in [0.5, 0.6) is 0 Å². The minimum atomic E-state index is -1.54. The van der Waals surface area contributed by atoms with Crippen LogP contribution in [-0.4, -0.2) is 29.7 Å². The number of fused-ring (bicyclic) bond motifs is 1. The summed E-state index contributed by atoms with van der Waals surface area (Å²) in [5.41, 5.74) is 0.397. The molecule has 0 radical (unpaired) electrons. The minimum Gasteiger partial charge on any atom is -0.462 e. The van der Waals surface area contributed by atoms with Gasteiger partial charge >= 0.3 is 13.1 Å². The zero-order valence-corrected chi connectivity index (χ0v) is 10.0. The Morgan fingerprint density at radius 1 is 1.47 bits per heavy atom. The fourth-order valence-electron chi connectivity index (χ4n) is 1.61. The first-order valence-electron chi connectivity index (χ1n) is 5.19.